The van der Waals surface area contributed by atoms with Crippen LogP contribution in [0.5, 0.6) is 0 Å². The fourth-order valence-corrected chi connectivity index (χ4v) is 4.43. The zero-order valence-electron chi connectivity index (χ0n) is 19.4. The lowest BCUT2D eigenvalue weighted by Crippen LogP contribution is -2.48. The van der Waals surface area contributed by atoms with Gasteiger partial charge in [0, 0.05) is 55.5 Å². The lowest BCUT2D eigenvalue weighted by molar-refractivity contribution is -0.131. The molecule has 2 heterocycles. The second-order valence-electron chi connectivity index (χ2n) is 8.23. The molecule has 0 unspecified atom stereocenters. The molecule has 0 saturated carbocycles. The number of likely N-dealkylation sites (N-methyl/N-ethyl adjacent to an activating group) is 1. The average Bonchev–Trinajstić information content (AvgIpc) is 2.86. The van der Waals surface area contributed by atoms with E-state index >= 15 is 0 Å². The van der Waals surface area contributed by atoms with Crippen LogP contribution in [0.25, 0.3) is 10.9 Å². The van der Waals surface area contributed by atoms with Crippen molar-refractivity contribution in [2.45, 2.75) is 20.4 Å². The van der Waals surface area contributed by atoms with Crippen LogP contribution in [0.2, 0.25) is 5.02 Å². The minimum Gasteiger partial charge on any atom is -0.368 e. The molecular weight excluding hydrogens is 454 g/mol. The summed E-state index contributed by atoms with van der Waals surface area (Å²) in [5.41, 5.74) is 1.69. The smallest absolute Gasteiger partial charge is 0.261 e. The first-order chi connectivity index (χ1) is 16.4. The van der Waals surface area contributed by atoms with E-state index in [4.69, 9.17) is 11.6 Å². The van der Waals surface area contributed by atoms with Crippen molar-refractivity contribution < 1.29 is 9.59 Å². The van der Waals surface area contributed by atoms with Gasteiger partial charge in [0.1, 0.15) is 6.54 Å². The van der Waals surface area contributed by atoms with Gasteiger partial charge in [-0.25, -0.2) is 4.98 Å². The van der Waals surface area contributed by atoms with Crippen LogP contribution < -0.4 is 10.5 Å². The van der Waals surface area contributed by atoms with Crippen molar-refractivity contribution in [3.63, 3.8) is 0 Å². The number of piperazine rings is 1. The van der Waals surface area contributed by atoms with Crippen molar-refractivity contribution in [2.24, 2.45) is 0 Å². The van der Waals surface area contributed by atoms with Gasteiger partial charge >= 0.3 is 0 Å². The summed E-state index contributed by atoms with van der Waals surface area (Å²) in [6, 6.07) is 12.6. The molecule has 0 spiro atoms. The van der Waals surface area contributed by atoms with Crippen molar-refractivity contribution in [3.8, 4) is 0 Å². The number of anilines is 1. The minimum absolute atomic E-state index is 0.0545. The van der Waals surface area contributed by atoms with Crippen LogP contribution in [0.1, 0.15) is 24.2 Å². The first-order valence-electron chi connectivity index (χ1n) is 11.5. The van der Waals surface area contributed by atoms with E-state index in [1.54, 1.807) is 23.1 Å². The number of rotatable bonds is 6. The summed E-state index contributed by atoms with van der Waals surface area (Å²) in [6.07, 6.45) is 1.38. The highest BCUT2D eigenvalue weighted by Gasteiger charge is 2.23. The maximum Gasteiger partial charge on any atom is 0.261 e. The zero-order valence-corrected chi connectivity index (χ0v) is 20.2. The van der Waals surface area contributed by atoms with Gasteiger partial charge in [-0.2, -0.15) is 0 Å². The third-order valence-electron chi connectivity index (χ3n) is 6.23. The lowest BCUT2D eigenvalue weighted by Gasteiger charge is -2.36. The van der Waals surface area contributed by atoms with Crippen molar-refractivity contribution in [1.29, 1.82) is 0 Å². The largest absolute Gasteiger partial charge is 0.368 e. The van der Waals surface area contributed by atoms with Crippen LogP contribution >= 0.6 is 11.6 Å². The first kappa shape index (κ1) is 23.8. The second kappa shape index (κ2) is 10.3. The molecule has 0 bridgehead atoms. The van der Waals surface area contributed by atoms with Gasteiger partial charge in [-0.15, -0.1) is 0 Å². The minimum atomic E-state index is -0.292. The molecule has 0 N–H and O–H groups in total. The summed E-state index contributed by atoms with van der Waals surface area (Å²) in [4.78, 5) is 48.4. The molecule has 1 aromatic heterocycles. The molecule has 1 saturated heterocycles. The molecule has 4 rings (SSSR count). The van der Waals surface area contributed by atoms with E-state index in [9.17, 15) is 14.4 Å². The summed E-state index contributed by atoms with van der Waals surface area (Å²) in [5, 5.41) is 1.08. The maximum absolute atomic E-state index is 13.1. The van der Waals surface area contributed by atoms with Gasteiger partial charge in [0.2, 0.25) is 5.91 Å². The van der Waals surface area contributed by atoms with Crippen LogP contribution in [-0.2, 0) is 11.3 Å². The Morgan fingerprint density at radius 2 is 1.76 bits per heavy atom. The van der Waals surface area contributed by atoms with Crippen LogP contribution in [-0.4, -0.2) is 70.4 Å². The molecule has 3 aromatic rings. The summed E-state index contributed by atoms with van der Waals surface area (Å²) < 4.78 is 1.32. The van der Waals surface area contributed by atoms with Gasteiger partial charge < -0.3 is 14.7 Å². The molecule has 1 aliphatic rings. The third kappa shape index (κ3) is 4.92. The van der Waals surface area contributed by atoms with Gasteiger partial charge in [0.25, 0.3) is 11.5 Å². The summed E-state index contributed by atoms with van der Waals surface area (Å²) >= 11 is 6.10. The lowest BCUT2D eigenvalue weighted by atomic mass is 10.1. The molecule has 1 aliphatic heterocycles. The van der Waals surface area contributed by atoms with Crippen molar-refractivity contribution in [1.82, 2.24) is 19.4 Å². The van der Waals surface area contributed by atoms with Crippen LogP contribution in [0.15, 0.2) is 53.6 Å². The molecule has 0 atom stereocenters. The summed E-state index contributed by atoms with van der Waals surface area (Å²) in [6.45, 7) is 7.52. The number of benzene rings is 2. The highest BCUT2D eigenvalue weighted by molar-refractivity contribution is 6.30. The van der Waals surface area contributed by atoms with E-state index in [-0.39, 0.29) is 23.9 Å². The predicted molar refractivity (Wildman–Crippen MR) is 133 cm³/mol. The standard InChI is InChI=1S/C25H28ClN5O3/c1-3-28(4-2)23(32)16-31-17-27-22-14-18(8-9-21(22)25(31)34)24(33)30-12-10-29(11-13-30)20-7-5-6-19(26)15-20/h5-9,14-15,17H,3-4,10-13,16H2,1-2H3. The molecule has 34 heavy (non-hydrogen) atoms. The number of carbonyl (C=O) groups excluding carboxylic acids is 2. The fraction of sp³-hybridized carbons (Fsp3) is 0.360. The van der Waals surface area contributed by atoms with Crippen LogP contribution in [0.3, 0.4) is 0 Å². The van der Waals surface area contributed by atoms with Gasteiger partial charge in [-0.1, -0.05) is 17.7 Å². The first-order valence-corrected chi connectivity index (χ1v) is 11.9. The quantitative estimate of drug-likeness (QED) is 0.541. The number of carbonyl (C=O) groups is 2. The van der Waals surface area contributed by atoms with Gasteiger partial charge in [0.05, 0.1) is 17.2 Å². The third-order valence-corrected chi connectivity index (χ3v) is 6.47. The van der Waals surface area contributed by atoms with E-state index < -0.39 is 0 Å². The van der Waals surface area contributed by atoms with Gasteiger partial charge in [0.15, 0.2) is 0 Å². The Morgan fingerprint density at radius 1 is 1.03 bits per heavy atom. The fourth-order valence-electron chi connectivity index (χ4n) is 4.25. The molecule has 8 nitrogen and oxygen atoms in total. The number of fused-ring (bicyclic) bond motifs is 1. The normalized spacial score (nSPS) is 13.9. The van der Waals surface area contributed by atoms with E-state index in [1.165, 1.54) is 10.9 Å². The number of hydrogen-bond donors (Lipinski definition) is 0. The van der Waals surface area contributed by atoms with E-state index in [0.29, 0.717) is 60.8 Å². The SMILES string of the molecule is CCN(CC)C(=O)Cn1cnc2cc(C(=O)N3CCN(c4cccc(Cl)c4)CC3)ccc2c1=O. The Kier molecular flexibility index (Phi) is 7.17. The molecule has 0 radical (unpaired) electrons. The topological polar surface area (TPSA) is 78.8 Å². The van der Waals surface area contributed by atoms with E-state index in [0.717, 1.165) is 5.69 Å². The molecule has 9 heteroatoms. The van der Waals surface area contributed by atoms with Crippen LogP contribution in [0.4, 0.5) is 5.69 Å². The van der Waals surface area contributed by atoms with E-state index in [2.05, 4.69) is 9.88 Å². The number of aromatic nitrogens is 2. The Bertz CT molecular complexity index is 1260. The molecule has 0 aliphatic carbocycles. The Labute approximate surface area is 203 Å². The monoisotopic (exact) mass is 481 g/mol. The van der Waals surface area contributed by atoms with Crippen LogP contribution in [0, 0.1) is 0 Å². The highest BCUT2D eigenvalue weighted by atomic mass is 35.5. The predicted octanol–water partition coefficient (Wildman–Crippen LogP) is 2.88. The van der Waals surface area contributed by atoms with Gasteiger partial charge in [-0.05, 0) is 50.2 Å². The Balaban J connectivity index is 1.47. The zero-order chi connectivity index (χ0) is 24.2. The number of nitrogens with zero attached hydrogens (tertiary/aromatic N) is 5. The second-order valence-corrected chi connectivity index (χ2v) is 8.67. The van der Waals surface area contributed by atoms with Crippen molar-refractivity contribution in [3.05, 3.63) is 69.7 Å². The molecule has 1 fully saturated rings. The van der Waals surface area contributed by atoms with Crippen molar-refractivity contribution >= 4 is 40.0 Å². The number of halogens is 1. The maximum atomic E-state index is 13.1. The molecule has 2 aromatic carbocycles. The number of amides is 2. The summed E-state index contributed by atoms with van der Waals surface area (Å²) in [5.74, 6) is -0.215. The van der Waals surface area contributed by atoms with E-state index in [1.807, 2.05) is 43.0 Å². The summed E-state index contributed by atoms with van der Waals surface area (Å²) in [7, 11) is 0. The molecule has 2 amide bonds. The average molecular weight is 482 g/mol. The highest BCUT2D eigenvalue weighted by Crippen LogP contribution is 2.21. The number of hydrogen-bond acceptors (Lipinski definition) is 5. The van der Waals surface area contributed by atoms with Gasteiger partial charge in [-0.3, -0.25) is 19.0 Å². The molecule has 178 valence electrons. The Morgan fingerprint density at radius 3 is 2.44 bits per heavy atom. The van der Waals surface area contributed by atoms with Crippen molar-refractivity contribution in [2.75, 3.05) is 44.2 Å². The Hall–Kier alpha value is -3.39. The molecular formula is C25H28ClN5O3.